The molecule has 2 rings (SSSR count). The van der Waals surface area contributed by atoms with Crippen LogP contribution < -0.4 is 10.1 Å². The molecule has 0 heterocycles. The highest BCUT2D eigenvalue weighted by Crippen LogP contribution is 2.25. The number of nitro groups is 1. The van der Waals surface area contributed by atoms with Gasteiger partial charge in [0.1, 0.15) is 5.75 Å². The molecule has 0 saturated heterocycles. The number of anilines is 1. The summed E-state index contributed by atoms with van der Waals surface area (Å²) in [6, 6.07) is 11.1. The second-order valence-corrected chi connectivity index (χ2v) is 5.22. The Labute approximate surface area is 157 Å². The molecule has 1 amide bonds. The van der Waals surface area contributed by atoms with Crippen LogP contribution in [-0.4, -0.2) is 30.0 Å². The molecule has 0 bridgehead atoms. The van der Waals surface area contributed by atoms with Gasteiger partial charge in [-0.1, -0.05) is 24.3 Å². The number of carbonyl (C=O) groups excluding carboxylic acids is 2. The zero-order chi connectivity index (χ0) is 20.5. The van der Waals surface area contributed by atoms with Crippen LogP contribution in [0.3, 0.4) is 0 Å². The Balaban J connectivity index is 1.88. The minimum Gasteiger partial charge on any atom is -0.452 e. The molecule has 2 aromatic carbocycles. The zero-order valence-electron chi connectivity index (χ0n) is 14.2. The molecule has 0 fully saturated rings. The molecule has 28 heavy (non-hydrogen) atoms. The van der Waals surface area contributed by atoms with Crippen molar-refractivity contribution in [2.75, 3.05) is 11.9 Å². The number of ether oxygens (including phenoxy) is 2. The highest BCUT2D eigenvalue weighted by Gasteiger charge is 2.12. The fourth-order valence-electron chi connectivity index (χ4n) is 2.05. The fourth-order valence-corrected chi connectivity index (χ4v) is 2.05. The van der Waals surface area contributed by atoms with Crippen LogP contribution in [0.4, 0.5) is 20.2 Å². The SMILES string of the molecule is O=C(COC(=O)/C=C/c1cccc([N+](=O)[O-])c1)Nc1ccccc1OC(F)F. The van der Waals surface area contributed by atoms with Gasteiger partial charge in [0.05, 0.1) is 10.6 Å². The number of amides is 1. The van der Waals surface area contributed by atoms with Gasteiger partial charge >= 0.3 is 12.6 Å². The molecule has 0 spiro atoms. The smallest absolute Gasteiger partial charge is 0.387 e. The molecule has 2 aromatic rings. The van der Waals surface area contributed by atoms with Gasteiger partial charge in [0.25, 0.3) is 11.6 Å². The van der Waals surface area contributed by atoms with Crippen molar-refractivity contribution in [3.8, 4) is 5.75 Å². The lowest BCUT2D eigenvalue weighted by Crippen LogP contribution is -2.20. The number of alkyl halides is 2. The van der Waals surface area contributed by atoms with Crippen LogP contribution in [0, 0.1) is 10.1 Å². The van der Waals surface area contributed by atoms with Gasteiger partial charge in [0.15, 0.2) is 6.61 Å². The Hall–Kier alpha value is -3.82. The predicted molar refractivity (Wildman–Crippen MR) is 94.8 cm³/mol. The third-order valence-electron chi connectivity index (χ3n) is 3.22. The van der Waals surface area contributed by atoms with Crippen molar-refractivity contribution in [1.29, 1.82) is 0 Å². The van der Waals surface area contributed by atoms with Crippen molar-refractivity contribution in [3.63, 3.8) is 0 Å². The summed E-state index contributed by atoms with van der Waals surface area (Å²) in [5.41, 5.74) is 0.254. The molecule has 1 N–H and O–H groups in total. The number of para-hydroxylation sites is 2. The fraction of sp³-hybridized carbons (Fsp3) is 0.111. The molecule has 0 unspecified atom stereocenters. The van der Waals surface area contributed by atoms with Gasteiger partial charge in [-0.05, 0) is 23.8 Å². The van der Waals surface area contributed by atoms with E-state index in [9.17, 15) is 28.5 Å². The number of esters is 1. The summed E-state index contributed by atoms with van der Waals surface area (Å²) >= 11 is 0. The van der Waals surface area contributed by atoms with Gasteiger partial charge in [-0.25, -0.2) is 4.79 Å². The van der Waals surface area contributed by atoms with Crippen molar-refractivity contribution < 1.29 is 32.8 Å². The van der Waals surface area contributed by atoms with E-state index in [0.717, 1.165) is 6.08 Å². The number of halogens is 2. The topological polar surface area (TPSA) is 108 Å². The maximum absolute atomic E-state index is 12.3. The summed E-state index contributed by atoms with van der Waals surface area (Å²) in [6.45, 7) is -3.73. The van der Waals surface area contributed by atoms with Crippen LogP contribution in [0.25, 0.3) is 6.08 Å². The summed E-state index contributed by atoms with van der Waals surface area (Å²) in [7, 11) is 0. The molecule has 0 atom stereocenters. The number of hydrogen-bond acceptors (Lipinski definition) is 6. The molecule has 8 nitrogen and oxygen atoms in total. The van der Waals surface area contributed by atoms with E-state index in [0.29, 0.717) is 5.56 Å². The Bertz CT molecular complexity index is 901. The number of hydrogen-bond donors (Lipinski definition) is 1. The lowest BCUT2D eigenvalue weighted by atomic mass is 10.2. The maximum Gasteiger partial charge on any atom is 0.387 e. The first-order valence-corrected chi connectivity index (χ1v) is 7.78. The molecule has 0 aliphatic rings. The van der Waals surface area contributed by atoms with Gasteiger partial charge in [0.2, 0.25) is 0 Å². The van der Waals surface area contributed by atoms with Crippen LogP contribution in [0.2, 0.25) is 0 Å². The molecule has 0 aromatic heterocycles. The highest BCUT2D eigenvalue weighted by molar-refractivity contribution is 5.95. The van der Waals surface area contributed by atoms with Crippen LogP contribution >= 0.6 is 0 Å². The van der Waals surface area contributed by atoms with E-state index in [1.807, 2.05) is 0 Å². The molecule has 0 radical (unpaired) electrons. The summed E-state index contributed by atoms with van der Waals surface area (Å²) in [6.07, 6.45) is 2.29. The second kappa shape index (κ2) is 9.76. The van der Waals surface area contributed by atoms with Crippen molar-refractivity contribution in [2.24, 2.45) is 0 Å². The third-order valence-corrected chi connectivity index (χ3v) is 3.22. The number of nitrogens with one attached hydrogen (secondary N) is 1. The van der Waals surface area contributed by atoms with E-state index < -0.39 is 30.0 Å². The molecule has 0 aliphatic carbocycles. The van der Waals surface area contributed by atoms with E-state index in [1.54, 1.807) is 6.07 Å². The normalized spacial score (nSPS) is 10.7. The van der Waals surface area contributed by atoms with Crippen molar-refractivity contribution >= 4 is 29.3 Å². The van der Waals surface area contributed by atoms with E-state index in [1.165, 1.54) is 48.5 Å². The summed E-state index contributed by atoms with van der Waals surface area (Å²) in [5, 5.41) is 13.0. The maximum atomic E-state index is 12.3. The number of non-ortho nitro benzene ring substituents is 1. The first-order chi connectivity index (χ1) is 13.3. The van der Waals surface area contributed by atoms with E-state index in [-0.39, 0.29) is 17.1 Å². The van der Waals surface area contributed by atoms with Crippen LogP contribution in [0.5, 0.6) is 5.75 Å². The average Bonchev–Trinajstić information content (AvgIpc) is 2.66. The average molecular weight is 392 g/mol. The molecule has 146 valence electrons. The minimum atomic E-state index is -3.06. The standard InChI is InChI=1S/C18H14F2N2O6/c19-18(20)28-15-7-2-1-6-14(15)21-16(23)11-27-17(24)9-8-12-4-3-5-13(10-12)22(25)26/h1-10,18H,11H2,(H,21,23)/b9-8+. The number of nitrogens with zero attached hydrogens (tertiary/aromatic N) is 1. The van der Waals surface area contributed by atoms with E-state index in [4.69, 9.17) is 4.74 Å². The molecular formula is C18H14F2N2O6. The Morgan fingerprint density at radius 2 is 1.93 bits per heavy atom. The Morgan fingerprint density at radius 1 is 1.18 bits per heavy atom. The lowest BCUT2D eigenvalue weighted by Gasteiger charge is -2.11. The van der Waals surface area contributed by atoms with E-state index in [2.05, 4.69) is 10.1 Å². The molecular weight excluding hydrogens is 378 g/mol. The summed E-state index contributed by atoms with van der Waals surface area (Å²) in [5.74, 6) is -1.86. The van der Waals surface area contributed by atoms with Gasteiger partial charge in [0, 0.05) is 18.2 Å². The molecule has 0 saturated carbocycles. The van der Waals surface area contributed by atoms with Crippen LogP contribution in [0.15, 0.2) is 54.6 Å². The molecule has 0 aliphatic heterocycles. The minimum absolute atomic E-state index is 0.00372. The van der Waals surface area contributed by atoms with Crippen molar-refractivity contribution in [3.05, 3.63) is 70.3 Å². The van der Waals surface area contributed by atoms with Crippen LogP contribution in [0.1, 0.15) is 5.56 Å². The van der Waals surface area contributed by atoms with Crippen molar-refractivity contribution in [2.45, 2.75) is 6.61 Å². The first-order valence-electron chi connectivity index (χ1n) is 7.78. The number of rotatable bonds is 8. The summed E-state index contributed by atoms with van der Waals surface area (Å²) < 4.78 is 33.7. The van der Waals surface area contributed by atoms with Crippen molar-refractivity contribution in [1.82, 2.24) is 0 Å². The lowest BCUT2D eigenvalue weighted by molar-refractivity contribution is -0.384. The zero-order valence-corrected chi connectivity index (χ0v) is 14.2. The number of carbonyl (C=O) groups is 2. The van der Waals surface area contributed by atoms with Gasteiger partial charge in [-0.15, -0.1) is 0 Å². The Kier molecular flexibility index (Phi) is 7.14. The van der Waals surface area contributed by atoms with Gasteiger partial charge in [-0.2, -0.15) is 8.78 Å². The van der Waals surface area contributed by atoms with Crippen LogP contribution in [-0.2, 0) is 14.3 Å². The monoisotopic (exact) mass is 392 g/mol. The summed E-state index contributed by atoms with van der Waals surface area (Å²) in [4.78, 5) is 33.6. The van der Waals surface area contributed by atoms with Gasteiger partial charge < -0.3 is 14.8 Å². The largest absolute Gasteiger partial charge is 0.452 e. The van der Waals surface area contributed by atoms with E-state index >= 15 is 0 Å². The van der Waals surface area contributed by atoms with Gasteiger partial charge in [-0.3, -0.25) is 14.9 Å². The molecule has 10 heteroatoms. The number of benzene rings is 2. The highest BCUT2D eigenvalue weighted by atomic mass is 19.3. The Morgan fingerprint density at radius 3 is 2.64 bits per heavy atom. The second-order valence-electron chi connectivity index (χ2n) is 5.22. The quantitative estimate of drug-likeness (QED) is 0.319. The first kappa shape index (κ1) is 20.5. The number of nitro benzene ring substituents is 1. The third kappa shape index (κ3) is 6.48. The predicted octanol–water partition coefficient (Wildman–Crippen LogP) is 3.39.